The lowest BCUT2D eigenvalue weighted by molar-refractivity contribution is -0.153. The van der Waals surface area contributed by atoms with Gasteiger partial charge >= 0.3 is 0 Å². The maximum Gasteiger partial charge on any atom is 0.276 e. The first-order valence-electron chi connectivity index (χ1n) is 8.29. The maximum absolute atomic E-state index is 12.6. The highest BCUT2D eigenvalue weighted by Crippen LogP contribution is 2.26. The van der Waals surface area contributed by atoms with Gasteiger partial charge in [-0.2, -0.15) is 0 Å². The molecule has 2 amide bonds. The molecule has 4 rings (SSSR count). The second-order valence-corrected chi connectivity index (χ2v) is 6.46. The zero-order chi connectivity index (χ0) is 17.4. The molecule has 2 atom stereocenters. The molecule has 2 aliphatic rings. The van der Waals surface area contributed by atoms with E-state index in [0.29, 0.717) is 25.4 Å². The summed E-state index contributed by atoms with van der Waals surface area (Å²) in [5, 5.41) is 3.79. The van der Waals surface area contributed by atoms with Crippen LogP contribution in [0.1, 0.15) is 21.8 Å². The molecule has 0 spiro atoms. The van der Waals surface area contributed by atoms with Gasteiger partial charge in [0.2, 0.25) is 5.91 Å². The minimum absolute atomic E-state index is 0.0447. The van der Waals surface area contributed by atoms with Crippen LogP contribution in [0.15, 0.2) is 40.9 Å². The van der Waals surface area contributed by atoms with E-state index in [1.165, 1.54) is 0 Å². The van der Waals surface area contributed by atoms with Crippen LogP contribution in [0.3, 0.4) is 0 Å². The highest BCUT2D eigenvalue weighted by molar-refractivity contribution is 5.92. The van der Waals surface area contributed by atoms with Gasteiger partial charge in [-0.05, 0) is 12.5 Å². The predicted octanol–water partition coefficient (Wildman–Crippen LogP) is 1.24. The molecule has 2 saturated heterocycles. The number of amides is 2. The Morgan fingerprint density at radius 2 is 2.08 bits per heavy atom. The van der Waals surface area contributed by atoms with Crippen molar-refractivity contribution in [2.45, 2.75) is 25.6 Å². The van der Waals surface area contributed by atoms with Crippen molar-refractivity contribution in [1.82, 2.24) is 15.0 Å². The Morgan fingerprint density at radius 1 is 1.28 bits per heavy atom. The molecule has 25 heavy (non-hydrogen) atoms. The normalized spacial score (nSPS) is 23.0. The summed E-state index contributed by atoms with van der Waals surface area (Å²) < 4.78 is 10.7. The third-order valence-corrected chi connectivity index (χ3v) is 4.71. The highest BCUT2D eigenvalue weighted by Gasteiger charge is 2.45. The maximum atomic E-state index is 12.6. The van der Waals surface area contributed by atoms with Crippen LogP contribution in [0.5, 0.6) is 0 Å². The van der Waals surface area contributed by atoms with Crippen molar-refractivity contribution in [1.29, 1.82) is 0 Å². The predicted molar refractivity (Wildman–Crippen MR) is 87.7 cm³/mol. The zero-order valence-electron chi connectivity index (χ0n) is 13.9. The van der Waals surface area contributed by atoms with Crippen molar-refractivity contribution >= 4 is 11.8 Å². The minimum Gasteiger partial charge on any atom is -0.364 e. The van der Waals surface area contributed by atoms with Crippen LogP contribution in [0.4, 0.5) is 0 Å². The van der Waals surface area contributed by atoms with Gasteiger partial charge in [0.05, 0.1) is 12.1 Å². The molecule has 7 nitrogen and oxygen atoms in total. The van der Waals surface area contributed by atoms with Gasteiger partial charge in [0.25, 0.3) is 5.91 Å². The molecule has 0 N–H and O–H groups in total. The smallest absolute Gasteiger partial charge is 0.276 e. The number of carbonyl (C=O) groups is 2. The summed E-state index contributed by atoms with van der Waals surface area (Å²) in [5.41, 5.74) is 1.35. The van der Waals surface area contributed by atoms with E-state index in [9.17, 15) is 9.59 Å². The van der Waals surface area contributed by atoms with Gasteiger partial charge in [-0.1, -0.05) is 35.5 Å². The quantitative estimate of drug-likeness (QED) is 0.839. The van der Waals surface area contributed by atoms with Crippen LogP contribution >= 0.6 is 0 Å². The number of nitrogens with zero attached hydrogens (tertiary/aromatic N) is 3. The molecule has 1 aromatic carbocycles. The second kappa shape index (κ2) is 6.33. The Kier molecular flexibility index (Phi) is 4.01. The van der Waals surface area contributed by atoms with Gasteiger partial charge < -0.3 is 19.1 Å². The number of ether oxygens (including phenoxy) is 1. The van der Waals surface area contributed by atoms with Gasteiger partial charge in [-0.3, -0.25) is 9.59 Å². The fourth-order valence-electron chi connectivity index (χ4n) is 3.45. The Labute approximate surface area is 145 Å². The van der Waals surface area contributed by atoms with E-state index in [4.69, 9.17) is 9.26 Å². The highest BCUT2D eigenvalue weighted by atomic mass is 16.5. The van der Waals surface area contributed by atoms with Crippen LogP contribution in [-0.2, 0) is 16.1 Å². The summed E-state index contributed by atoms with van der Waals surface area (Å²) >= 11 is 0. The summed E-state index contributed by atoms with van der Waals surface area (Å²) in [6, 6.07) is 11.3. The molecule has 130 valence electrons. The summed E-state index contributed by atoms with van der Waals surface area (Å²) in [6.45, 7) is 3.22. The van der Waals surface area contributed by atoms with Crippen molar-refractivity contribution in [2.24, 2.45) is 0 Å². The molecule has 2 fully saturated rings. The first kappa shape index (κ1) is 15.8. The van der Waals surface area contributed by atoms with Crippen molar-refractivity contribution in [3.05, 3.63) is 53.4 Å². The Bertz CT molecular complexity index is 789. The Morgan fingerprint density at radius 3 is 2.80 bits per heavy atom. The van der Waals surface area contributed by atoms with Crippen LogP contribution in [0.2, 0.25) is 0 Å². The van der Waals surface area contributed by atoms with E-state index >= 15 is 0 Å². The second-order valence-electron chi connectivity index (χ2n) is 6.46. The zero-order valence-corrected chi connectivity index (χ0v) is 13.9. The first-order valence-corrected chi connectivity index (χ1v) is 8.29. The molecule has 3 heterocycles. The molecule has 0 unspecified atom stereocenters. The van der Waals surface area contributed by atoms with Gasteiger partial charge in [-0.25, -0.2) is 0 Å². The molecular formula is C18H19N3O4. The Hall–Kier alpha value is -2.67. The van der Waals surface area contributed by atoms with Gasteiger partial charge in [-0.15, -0.1) is 0 Å². The van der Waals surface area contributed by atoms with E-state index in [1.807, 2.05) is 35.2 Å². The van der Waals surface area contributed by atoms with E-state index in [-0.39, 0.29) is 36.3 Å². The topological polar surface area (TPSA) is 75.9 Å². The molecule has 0 saturated carbocycles. The standard InChI is InChI=1S/C18H19N3O4/c1-12-7-14(19-25-12)18(23)20-9-15-16(10-20)24-11-17(22)21(15)8-13-5-3-2-4-6-13/h2-7,15-16H,8-11H2,1H3/t15-,16-/m1/s1. The minimum atomic E-state index is -0.193. The van der Waals surface area contributed by atoms with Crippen LogP contribution in [0, 0.1) is 6.92 Å². The number of benzene rings is 1. The number of carbonyl (C=O) groups excluding carboxylic acids is 2. The first-order chi connectivity index (χ1) is 12.1. The monoisotopic (exact) mass is 341 g/mol. The van der Waals surface area contributed by atoms with Crippen molar-refractivity contribution in [2.75, 3.05) is 19.7 Å². The number of fused-ring (bicyclic) bond motifs is 1. The molecular weight excluding hydrogens is 322 g/mol. The average molecular weight is 341 g/mol. The largest absolute Gasteiger partial charge is 0.364 e. The van der Waals surface area contributed by atoms with Gasteiger partial charge in [0.15, 0.2) is 5.69 Å². The van der Waals surface area contributed by atoms with Gasteiger partial charge in [0, 0.05) is 25.7 Å². The number of likely N-dealkylation sites (tertiary alicyclic amines) is 1. The summed E-state index contributed by atoms with van der Waals surface area (Å²) in [6.07, 6.45) is -0.168. The lowest BCUT2D eigenvalue weighted by Crippen LogP contribution is -2.53. The van der Waals surface area contributed by atoms with Crippen LogP contribution < -0.4 is 0 Å². The third kappa shape index (κ3) is 3.02. The molecule has 0 radical (unpaired) electrons. The lowest BCUT2D eigenvalue weighted by Gasteiger charge is -2.36. The number of aryl methyl sites for hydroxylation is 1. The molecule has 0 bridgehead atoms. The number of aromatic nitrogens is 1. The molecule has 7 heteroatoms. The summed E-state index contributed by atoms with van der Waals surface area (Å²) in [7, 11) is 0. The van der Waals surface area contributed by atoms with E-state index in [0.717, 1.165) is 5.56 Å². The lowest BCUT2D eigenvalue weighted by atomic mass is 10.1. The summed E-state index contributed by atoms with van der Waals surface area (Å²) in [5.74, 6) is 0.357. The average Bonchev–Trinajstić information content (AvgIpc) is 3.24. The number of morpholine rings is 1. The van der Waals surface area contributed by atoms with Crippen molar-refractivity contribution in [3.8, 4) is 0 Å². The number of hydrogen-bond donors (Lipinski definition) is 0. The van der Waals surface area contributed by atoms with Crippen molar-refractivity contribution < 1.29 is 18.8 Å². The fourth-order valence-corrected chi connectivity index (χ4v) is 3.45. The number of hydrogen-bond acceptors (Lipinski definition) is 5. The van der Waals surface area contributed by atoms with Gasteiger partial charge in [0.1, 0.15) is 12.4 Å². The van der Waals surface area contributed by atoms with Crippen LogP contribution in [0.25, 0.3) is 0 Å². The van der Waals surface area contributed by atoms with E-state index in [2.05, 4.69) is 5.16 Å². The number of rotatable bonds is 3. The SMILES string of the molecule is Cc1cc(C(=O)N2C[C@@H]3[C@@H](C2)OCC(=O)N3Cc2ccccc2)no1. The summed E-state index contributed by atoms with van der Waals surface area (Å²) in [4.78, 5) is 28.5. The fraction of sp³-hybridized carbons (Fsp3) is 0.389. The molecule has 2 aromatic rings. The Balaban J connectivity index is 1.51. The van der Waals surface area contributed by atoms with E-state index in [1.54, 1.807) is 17.9 Å². The third-order valence-electron chi connectivity index (χ3n) is 4.71. The molecule has 1 aromatic heterocycles. The van der Waals surface area contributed by atoms with Crippen LogP contribution in [-0.4, -0.2) is 58.6 Å². The van der Waals surface area contributed by atoms with E-state index < -0.39 is 0 Å². The van der Waals surface area contributed by atoms with Crippen molar-refractivity contribution in [3.63, 3.8) is 0 Å². The molecule has 2 aliphatic heterocycles. The molecule has 0 aliphatic carbocycles.